The number of hydrogen-bond acceptors (Lipinski definition) is 10. The third-order valence-electron chi connectivity index (χ3n) is 7.70. The molecule has 15 heteroatoms. The Labute approximate surface area is 240 Å². The third kappa shape index (κ3) is 5.66. The van der Waals surface area contributed by atoms with Crippen molar-refractivity contribution >= 4 is 34.8 Å². The molecule has 15 nitrogen and oxygen atoms in total. The molecule has 1 saturated heterocycles. The lowest BCUT2D eigenvalue weighted by atomic mass is 9.80. The van der Waals surface area contributed by atoms with Gasteiger partial charge in [-0.15, -0.1) is 5.10 Å². The number of para-hydroxylation sites is 1. The lowest BCUT2D eigenvalue weighted by molar-refractivity contribution is -0.163. The fourth-order valence-electron chi connectivity index (χ4n) is 5.04. The van der Waals surface area contributed by atoms with Crippen LogP contribution >= 0.6 is 0 Å². The van der Waals surface area contributed by atoms with Gasteiger partial charge in [0, 0.05) is 37.6 Å². The van der Waals surface area contributed by atoms with Crippen LogP contribution in [0.2, 0.25) is 0 Å². The number of carbonyl (C=O) groups is 4. The van der Waals surface area contributed by atoms with Crippen LogP contribution in [-0.2, 0) is 14.3 Å². The summed E-state index contributed by atoms with van der Waals surface area (Å²) >= 11 is 0. The van der Waals surface area contributed by atoms with E-state index in [1.54, 1.807) is 43.0 Å². The first-order valence-corrected chi connectivity index (χ1v) is 13.8. The molecule has 2 N–H and O–H groups in total. The topological polar surface area (TPSA) is 182 Å². The summed E-state index contributed by atoms with van der Waals surface area (Å²) in [6.45, 7) is 4.73. The molecule has 2 atom stereocenters. The van der Waals surface area contributed by atoms with Crippen LogP contribution in [0.4, 0.5) is 4.79 Å². The van der Waals surface area contributed by atoms with Crippen LogP contribution in [0.25, 0.3) is 10.9 Å². The van der Waals surface area contributed by atoms with Gasteiger partial charge in [0.25, 0.3) is 5.91 Å². The van der Waals surface area contributed by atoms with E-state index >= 15 is 0 Å². The summed E-state index contributed by atoms with van der Waals surface area (Å²) in [5, 5.41) is 24.4. The first-order chi connectivity index (χ1) is 20.2. The standard InChI is InChI=1S/C27H32N8O7/c1-3-41-26(40)34-13-11-33(12-14-34)24(37)22(17(2)35-16-28-31-32-35)30-23(36)20-15-21(18-7-4-5-8-19(18)29-20)42-27(25(38)39)9-6-10-27/h4-5,7-8,15-17,22H,3,6,9-14H2,1-2H3,(H,30,36)(H,38,39). The van der Waals surface area contributed by atoms with Crippen molar-refractivity contribution in [2.75, 3.05) is 32.8 Å². The van der Waals surface area contributed by atoms with Crippen molar-refractivity contribution < 1.29 is 33.8 Å². The lowest BCUT2D eigenvalue weighted by Crippen LogP contribution is -2.57. The highest BCUT2D eigenvalue weighted by Gasteiger charge is 2.47. The zero-order chi connectivity index (χ0) is 29.9. The van der Waals surface area contributed by atoms with E-state index in [0.717, 1.165) is 6.42 Å². The lowest BCUT2D eigenvalue weighted by Gasteiger charge is -2.38. The number of aliphatic carboxylic acids is 1. The van der Waals surface area contributed by atoms with Crippen molar-refractivity contribution in [1.29, 1.82) is 0 Å². The molecule has 5 rings (SSSR count). The number of nitrogens with one attached hydrogen (secondary N) is 1. The molecular formula is C27H32N8O7. The van der Waals surface area contributed by atoms with Crippen molar-refractivity contribution in [3.8, 4) is 5.75 Å². The first kappa shape index (κ1) is 28.7. The number of carbonyl (C=O) groups excluding carboxylic acids is 3. The predicted octanol–water partition coefficient (Wildman–Crippen LogP) is 1.27. The number of nitrogens with zero attached hydrogens (tertiary/aromatic N) is 7. The molecule has 1 aliphatic carbocycles. The number of aromatic nitrogens is 5. The number of benzene rings is 1. The Bertz CT molecular complexity index is 1470. The maximum absolute atomic E-state index is 13.8. The maximum atomic E-state index is 13.8. The Hall–Kier alpha value is -4.82. The molecule has 1 saturated carbocycles. The summed E-state index contributed by atoms with van der Waals surface area (Å²) in [5.41, 5.74) is -0.972. The van der Waals surface area contributed by atoms with Crippen LogP contribution in [0.3, 0.4) is 0 Å². The highest BCUT2D eigenvalue weighted by atomic mass is 16.6. The summed E-state index contributed by atoms with van der Waals surface area (Å²) in [5.74, 6) is -1.89. The number of tetrazole rings is 1. The van der Waals surface area contributed by atoms with Gasteiger partial charge in [-0.1, -0.05) is 12.1 Å². The Balaban J connectivity index is 1.40. The number of ether oxygens (including phenoxy) is 2. The molecule has 2 aliphatic rings. The molecule has 0 radical (unpaired) electrons. The number of hydrogen-bond donors (Lipinski definition) is 2. The molecule has 2 fully saturated rings. The van der Waals surface area contributed by atoms with Gasteiger partial charge in [-0.3, -0.25) is 9.59 Å². The Kier molecular flexibility index (Phi) is 8.17. The molecule has 0 bridgehead atoms. The maximum Gasteiger partial charge on any atom is 0.409 e. The fourth-order valence-corrected chi connectivity index (χ4v) is 5.04. The van der Waals surface area contributed by atoms with E-state index in [4.69, 9.17) is 9.47 Å². The highest BCUT2D eigenvalue weighted by molar-refractivity contribution is 5.99. The van der Waals surface area contributed by atoms with Gasteiger partial charge >= 0.3 is 12.1 Å². The quantitative estimate of drug-likeness (QED) is 0.372. The number of carboxylic acid groups (broad SMARTS) is 1. The van der Waals surface area contributed by atoms with Crippen molar-refractivity contribution in [2.24, 2.45) is 0 Å². The summed E-state index contributed by atoms with van der Waals surface area (Å²) in [4.78, 5) is 59.1. The second-order valence-electron chi connectivity index (χ2n) is 10.3. The van der Waals surface area contributed by atoms with Crippen LogP contribution in [0.15, 0.2) is 36.7 Å². The van der Waals surface area contributed by atoms with E-state index in [9.17, 15) is 24.3 Å². The average molecular weight is 581 g/mol. The smallest absolute Gasteiger partial charge is 0.409 e. The van der Waals surface area contributed by atoms with E-state index in [1.165, 1.54) is 22.0 Å². The van der Waals surface area contributed by atoms with Crippen LogP contribution in [-0.4, -0.2) is 108 Å². The van der Waals surface area contributed by atoms with Crippen LogP contribution < -0.4 is 10.1 Å². The van der Waals surface area contributed by atoms with Gasteiger partial charge in [-0.05, 0) is 55.7 Å². The second-order valence-corrected chi connectivity index (χ2v) is 10.3. The molecular weight excluding hydrogens is 548 g/mol. The zero-order valence-corrected chi connectivity index (χ0v) is 23.3. The Morgan fingerprint density at radius 2 is 1.81 bits per heavy atom. The molecule has 42 heavy (non-hydrogen) atoms. The van der Waals surface area contributed by atoms with Crippen molar-refractivity contribution in [1.82, 2.24) is 40.3 Å². The average Bonchev–Trinajstić information content (AvgIpc) is 3.52. The van der Waals surface area contributed by atoms with Crippen LogP contribution in [0, 0.1) is 0 Å². The number of rotatable bonds is 9. The number of piperazine rings is 1. The number of amides is 3. The molecule has 2 unspecified atom stereocenters. The van der Waals surface area contributed by atoms with Gasteiger partial charge < -0.3 is 29.7 Å². The van der Waals surface area contributed by atoms with Gasteiger partial charge in [-0.2, -0.15) is 0 Å². The highest BCUT2D eigenvalue weighted by Crippen LogP contribution is 2.39. The summed E-state index contributed by atoms with van der Waals surface area (Å²) in [6.07, 6.45) is 2.33. The van der Waals surface area contributed by atoms with E-state index in [0.29, 0.717) is 23.7 Å². The largest absolute Gasteiger partial charge is 0.478 e. The second kappa shape index (κ2) is 12.0. The summed E-state index contributed by atoms with van der Waals surface area (Å²) in [7, 11) is 0. The van der Waals surface area contributed by atoms with Crippen molar-refractivity contribution in [3.05, 3.63) is 42.4 Å². The van der Waals surface area contributed by atoms with Crippen molar-refractivity contribution in [3.63, 3.8) is 0 Å². The minimum absolute atomic E-state index is 0.0441. The van der Waals surface area contributed by atoms with Gasteiger partial charge in [-0.25, -0.2) is 19.3 Å². The minimum atomic E-state index is -1.36. The molecule has 0 spiro atoms. The van der Waals surface area contributed by atoms with Crippen LogP contribution in [0.5, 0.6) is 5.75 Å². The fraction of sp³-hybridized carbons (Fsp3) is 0.481. The molecule has 3 aromatic rings. The zero-order valence-electron chi connectivity index (χ0n) is 23.3. The number of fused-ring (bicyclic) bond motifs is 1. The van der Waals surface area contributed by atoms with Crippen LogP contribution in [0.1, 0.15) is 49.6 Å². The van der Waals surface area contributed by atoms with E-state index in [2.05, 4.69) is 25.8 Å². The molecule has 222 valence electrons. The Morgan fingerprint density at radius 3 is 2.43 bits per heavy atom. The third-order valence-corrected chi connectivity index (χ3v) is 7.70. The number of carboxylic acids is 1. The summed E-state index contributed by atoms with van der Waals surface area (Å²) < 4.78 is 12.5. The normalized spacial score (nSPS) is 17.6. The predicted molar refractivity (Wildman–Crippen MR) is 146 cm³/mol. The van der Waals surface area contributed by atoms with Crippen molar-refractivity contribution in [2.45, 2.75) is 50.8 Å². The van der Waals surface area contributed by atoms with E-state index in [-0.39, 0.29) is 50.1 Å². The molecule has 1 aromatic carbocycles. The monoisotopic (exact) mass is 580 g/mol. The summed E-state index contributed by atoms with van der Waals surface area (Å²) in [6, 6.07) is 6.60. The first-order valence-electron chi connectivity index (χ1n) is 13.8. The van der Waals surface area contributed by atoms with Gasteiger partial charge in [0.15, 0.2) is 0 Å². The van der Waals surface area contributed by atoms with Gasteiger partial charge in [0.1, 0.15) is 23.8 Å². The van der Waals surface area contributed by atoms with Gasteiger partial charge in [0.2, 0.25) is 11.5 Å². The molecule has 1 aliphatic heterocycles. The SMILES string of the molecule is CCOC(=O)N1CCN(C(=O)C(NC(=O)c2cc(OC3(C(=O)O)CCC3)c3ccccc3n2)C(C)n2cnnn2)CC1. The van der Waals surface area contributed by atoms with E-state index < -0.39 is 35.7 Å². The van der Waals surface area contributed by atoms with E-state index in [1.807, 2.05) is 0 Å². The number of pyridine rings is 1. The minimum Gasteiger partial charge on any atom is -0.478 e. The molecule has 2 aromatic heterocycles. The molecule has 3 amide bonds. The van der Waals surface area contributed by atoms with Gasteiger partial charge in [0.05, 0.1) is 18.2 Å². The Morgan fingerprint density at radius 1 is 1.10 bits per heavy atom. The molecule has 3 heterocycles.